The van der Waals surface area contributed by atoms with Gasteiger partial charge in [0.05, 0.1) is 5.92 Å². The average molecular weight is 352 g/mol. The Hall–Kier alpha value is -1.89. The molecule has 2 aliphatic heterocycles. The molecule has 0 aromatic carbocycles. The zero-order valence-electron chi connectivity index (χ0n) is 13.8. The lowest BCUT2D eigenvalue weighted by Crippen LogP contribution is -2.53. The molecule has 8 heteroatoms. The van der Waals surface area contributed by atoms with Crippen molar-refractivity contribution in [3.05, 3.63) is 17.3 Å². The Morgan fingerprint density at radius 3 is 2.42 bits per heavy atom. The fraction of sp³-hybridized carbons (Fsp3) is 0.625. The first kappa shape index (κ1) is 17.0. The first-order valence-corrected chi connectivity index (χ1v) is 8.71. The largest absolute Gasteiger partial charge is 0.354 e. The van der Waals surface area contributed by atoms with Crippen molar-refractivity contribution in [2.45, 2.75) is 19.8 Å². The summed E-state index contributed by atoms with van der Waals surface area (Å²) in [5, 5.41) is 8.36. The molecule has 0 bridgehead atoms. The van der Waals surface area contributed by atoms with Crippen LogP contribution in [0.1, 0.15) is 19.8 Å². The van der Waals surface area contributed by atoms with Crippen LogP contribution in [-0.4, -0.2) is 71.1 Å². The maximum atomic E-state index is 12.8. The number of aromatic nitrogens is 2. The molecule has 130 valence electrons. The van der Waals surface area contributed by atoms with Gasteiger partial charge in [-0.3, -0.25) is 9.59 Å². The SMILES string of the molecule is CC(=O)N1CCN(C(=O)[C@H]2CCCN(c3ccc(Cl)nn3)C2)CC1. The molecule has 0 N–H and O–H groups in total. The molecule has 3 rings (SSSR count). The van der Waals surface area contributed by atoms with Crippen LogP contribution in [0, 0.1) is 5.92 Å². The van der Waals surface area contributed by atoms with Gasteiger partial charge in [-0.05, 0) is 25.0 Å². The van der Waals surface area contributed by atoms with Crippen LogP contribution in [0.2, 0.25) is 5.15 Å². The van der Waals surface area contributed by atoms with Gasteiger partial charge in [-0.2, -0.15) is 0 Å². The van der Waals surface area contributed by atoms with E-state index in [4.69, 9.17) is 11.6 Å². The highest BCUT2D eigenvalue weighted by atomic mass is 35.5. The van der Waals surface area contributed by atoms with Crippen LogP contribution in [0.5, 0.6) is 0 Å². The summed E-state index contributed by atoms with van der Waals surface area (Å²) in [4.78, 5) is 30.0. The number of carbonyl (C=O) groups is 2. The highest BCUT2D eigenvalue weighted by Crippen LogP contribution is 2.23. The van der Waals surface area contributed by atoms with Crippen molar-refractivity contribution in [2.24, 2.45) is 5.92 Å². The zero-order chi connectivity index (χ0) is 17.1. The zero-order valence-corrected chi connectivity index (χ0v) is 14.6. The molecule has 0 saturated carbocycles. The van der Waals surface area contributed by atoms with Crippen molar-refractivity contribution >= 4 is 29.2 Å². The second kappa shape index (κ2) is 7.34. The number of halogens is 1. The van der Waals surface area contributed by atoms with Crippen molar-refractivity contribution in [1.82, 2.24) is 20.0 Å². The van der Waals surface area contributed by atoms with Gasteiger partial charge in [0.15, 0.2) is 11.0 Å². The Morgan fingerprint density at radius 1 is 1.08 bits per heavy atom. The molecule has 1 atom stereocenters. The Balaban J connectivity index is 1.59. The van der Waals surface area contributed by atoms with Gasteiger partial charge in [0.2, 0.25) is 11.8 Å². The van der Waals surface area contributed by atoms with Crippen molar-refractivity contribution in [1.29, 1.82) is 0 Å². The Morgan fingerprint density at radius 2 is 1.79 bits per heavy atom. The molecule has 2 amide bonds. The van der Waals surface area contributed by atoms with E-state index in [0.717, 1.165) is 25.2 Å². The minimum absolute atomic E-state index is 0.0277. The number of anilines is 1. The van der Waals surface area contributed by atoms with Gasteiger partial charge in [0.25, 0.3) is 0 Å². The van der Waals surface area contributed by atoms with E-state index >= 15 is 0 Å². The quantitative estimate of drug-likeness (QED) is 0.796. The minimum atomic E-state index is -0.0277. The predicted octanol–water partition coefficient (Wildman–Crippen LogP) is 1.04. The summed E-state index contributed by atoms with van der Waals surface area (Å²) in [6.45, 7) is 5.59. The monoisotopic (exact) mass is 351 g/mol. The molecule has 0 unspecified atom stereocenters. The third-order valence-corrected chi connectivity index (χ3v) is 4.95. The highest BCUT2D eigenvalue weighted by Gasteiger charge is 2.31. The number of hydrogen-bond donors (Lipinski definition) is 0. The van der Waals surface area contributed by atoms with Crippen LogP contribution in [0.25, 0.3) is 0 Å². The van der Waals surface area contributed by atoms with Gasteiger partial charge in [-0.15, -0.1) is 10.2 Å². The first-order valence-electron chi connectivity index (χ1n) is 8.33. The van der Waals surface area contributed by atoms with E-state index in [9.17, 15) is 9.59 Å². The summed E-state index contributed by atoms with van der Waals surface area (Å²) < 4.78 is 0. The van der Waals surface area contributed by atoms with Crippen molar-refractivity contribution < 1.29 is 9.59 Å². The van der Waals surface area contributed by atoms with Gasteiger partial charge in [-0.25, -0.2) is 0 Å². The molecule has 0 radical (unpaired) electrons. The van der Waals surface area contributed by atoms with Crippen molar-refractivity contribution in [3.8, 4) is 0 Å². The maximum absolute atomic E-state index is 12.8. The average Bonchev–Trinajstić information content (AvgIpc) is 2.62. The van der Waals surface area contributed by atoms with Crippen LogP contribution < -0.4 is 4.90 Å². The van der Waals surface area contributed by atoms with Gasteiger partial charge in [0.1, 0.15) is 0 Å². The van der Waals surface area contributed by atoms with Crippen LogP contribution in [0.4, 0.5) is 5.82 Å². The summed E-state index contributed by atoms with van der Waals surface area (Å²) in [7, 11) is 0. The molecule has 0 spiro atoms. The third-order valence-electron chi connectivity index (χ3n) is 4.75. The predicted molar refractivity (Wildman–Crippen MR) is 90.8 cm³/mol. The first-order chi connectivity index (χ1) is 11.5. The molecular formula is C16H22ClN5O2. The van der Waals surface area contributed by atoms with Crippen LogP contribution in [0.15, 0.2) is 12.1 Å². The minimum Gasteiger partial charge on any atom is -0.354 e. The van der Waals surface area contributed by atoms with E-state index in [1.54, 1.807) is 17.9 Å². The Bertz CT molecular complexity index is 601. The lowest BCUT2D eigenvalue weighted by atomic mass is 9.96. The second-order valence-corrected chi connectivity index (χ2v) is 6.72. The molecule has 1 aromatic rings. The summed E-state index contributed by atoms with van der Waals surface area (Å²) in [6, 6.07) is 3.56. The number of carbonyl (C=O) groups excluding carboxylic acids is 2. The standard InChI is InChI=1S/C16H22ClN5O2/c1-12(23)20-7-9-21(10-8-20)16(24)13-3-2-6-22(11-13)15-5-4-14(17)18-19-15/h4-5,13H,2-3,6-11H2,1H3/t13-/m0/s1. The number of piperazine rings is 1. The summed E-state index contributed by atoms with van der Waals surface area (Å²) >= 11 is 5.78. The topological polar surface area (TPSA) is 69.6 Å². The lowest BCUT2D eigenvalue weighted by Gasteiger charge is -2.39. The third kappa shape index (κ3) is 3.77. The van der Waals surface area contributed by atoms with E-state index in [0.29, 0.717) is 37.9 Å². The van der Waals surface area contributed by atoms with Crippen molar-refractivity contribution in [3.63, 3.8) is 0 Å². The number of hydrogen-bond acceptors (Lipinski definition) is 5. The van der Waals surface area contributed by atoms with Gasteiger partial charge in [0, 0.05) is 46.2 Å². The second-order valence-electron chi connectivity index (χ2n) is 6.33. The summed E-state index contributed by atoms with van der Waals surface area (Å²) in [5.74, 6) is 0.996. The number of amides is 2. The van der Waals surface area contributed by atoms with Gasteiger partial charge < -0.3 is 14.7 Å². The molecule has 1 aromatic heterocycles. The van der Waals surface area contributed by atoms with E-state index in [-0.39, 0.29) is 17.7 Å². The number of piperidine rings is 1. The fourth-order valence-electron chi connectivity index (χ4n) is 3.36. The molecule has 7 nitrogen and oxygen atoms in total. The molecule has 0 aliphatic carbocycles. The lowest BCUT2D eigenvalue weighted by molar-refractivity contribution is -0.141. The maximum Gasteiger partial charge on any atom is 0.227 e. The smallest absolute Gasteiger partial charge is 0.227 e. The van der Waals surface area contributed by atoms with Crippen LogP contribution >= 0.6 is 11.6 Å². The van der Waals surface area contributed by atoms with E-state index in [1.807, 2.05) is 11.0 Å². The molecule has 3 heterocycles. The Kier molecular flexibility index (Phi) is 5.18. The van der Waals surface area contributed by atoms with Crippen molar-refractivity contribution in [2.75, 3.05) is 44.2 Å². The van der Waals surface area contributed by atoms with E-state index in [2.05, 4.69) is 15.1 Å². The molecule has 2 fully saturated rings. The Labute approximate surface area is 146 Å². The van der Waals surface area contributed by atoms with Gasteiger partial charge in [-0.1, -0.05) is 11.6 Å². The fourth-order valence-corrected chi connectivity index (χ4v) is 3.47. The summed E-state index contributed by atoms with van der Waals surface area (Å²) in [6.07, 6.45) is 1.84. The number of rotatable bonds is 2. The highest BCUT2D eigenvalue weighted by molar-refractivity contribution is 6.29. The van der Waals surface area contributed by atoms with E-state index < -0.39 is 0 Å². The number of nitrogens with zero attached hydrogens (tertiary/aromatic N) is 5. The molecule has 24 heavy (non-hydrogen) atoms. The summed E-state index contributed by atoms with van der Waals surface area (Å²) in [5.41, 5.74) is 0. The van der Waals surface area contributed by atoms with Crippen LogP contribution in [0.3, 0.4) is 0 Å². The molecule has 2 saturated heterocycles. The molecule has 2 aliphatic rings. The van der Waals surface area contributed by atoms with Crippen LogP contribution in [-0.2, 0) is 9.59 Å². The molecular weight excluding hydrogens is 330 g/mol. The normalized spacial score (nSPS) is 21.8. The van der Waals surface area contributed by atoms with E-state index in [1.165, 1.54) is 0 Å². The van der Waals surface area contributed by atoms with Gasteiger partial charge >= 0.3 is 0 Å².